The molecule has 280 valence electrons. The minimum atomic E-state index is -0.919. The standard InChI is InChI=1S/C17H14F2N6OS.C17H17F2N5O2S/c1-25(7-3-6-20)16-14-15(22-12(26)8-21-14)23-17(24-16)27-9-10-4-2-5-11(18)13(10)19;1-2-10(7-25)21-15-14-16(22-12(26)6-20-14)24-17(23-15)27-8-9-4-3-5-11(18)13(9)19/h2,4-5,8H,3,7,9H2,1H3,(H,22,23,24,26);3-6,10,25H,2,7-8H2,1H3,(H2,21,22,23,24,26)/t;10-/m.1/s1. The number of nitrogens with one attached hydrogen (secondary N) is 3. The van der Waals surface area contributed by atoms with Gasteiger partial charge in [-0.25, -0.2) is 47.5 Å². The van der Waals surface area contributed by atoms with Crippen LogP contribution in [0.4, 0.5) is 29.2 Å². The molecule has 0 saturated carbocycles. The van der Waals surface area contributed by atoms with Crippen molar-refractivity contribution < 1.29 is 22.7 Å². The Labute approximate surface area is 312 Å². The fourth-order valence-electron chi connectivity index (χ4n) is 4.71. The number of aliphatic hydroxyl groups excluding tert-OH is 1. The highest BCUT2D eigenvalue weighted by Crippen LogP contribution is 2.28. The summed E-state index contributed by atoms with van der Waals surface area (Å²) in [5.41, 5.74) is 0.711. The van der Waals surface area contributed by atoms with E-state index in [4.69, 9.17) is 5.26 Å². The Hall–Kier alpha value is -5.65. The van der Waals surface area contributed by atoms with E-state index in [-0.39, 0.29) is 63.3 Å². The minimum Gasteiger partial charge on any atom is -0.394 e. The predicted octanol–water partition coefficient (Wildman–Crippen LogP) is 5.10. The van der Waals surface area contributed by atoms with Crippen LogP contribution >= 0.6 is 23.5 Å². The van der Waals surface area contributed by atoms with Crippen LogP contribution in [0.5, 0.6) is 0 Å². The molecule has 0 aliphatic heterocycles. The second-order valence-electron chi connectivity index (χ2n) is 11.3. The van der Waals surface area contributed by atoms with Gasteiger partial charge in [-0.15, -0.1) is 0 Å². The van der Waals surface area contributed by atoms with Crippen molar-refractivity contribution >= 4 is 57.5 Å². The smallest absolute Gasteiger partial charge is 0.268 e. The van der Waals surface area contributed by atoms with E-state index in [0.29, 0.717) is 35.6 Å². The first-order valence-electron chi connectivity index (χ1n) is 16.1. The van der Waals surface area contributed by atoms with Gasteiger partial charge in [0.15, 0.2) is 56.5 Å². The van der Waals surface area contributed by atoms with Crippen LogP contribution in [0.25, 0.3) is 22.3 Å². The monoisotopic (exact) mass is 781 g/mol. The maximum atomic E-state index is 13.8. The number of fused-ring (bicyclic) bond motifs is 2. The van der Waals surface area contributed by atoms with Crippen molar-refractivity contribution in [2.45, 2.75) is 47.6 Å². The molecule has 0 amide bonds. The highest BCUT2D eigenvalue weighted by molar-refractivity contribution is 7.98. The lowest BCUT2D eigenvalue weighted by atomic mass is 10.2. The summed E-state index contributed by atoms with van der Waals surface area (Å²) in [6, 6.07) is 9.72. The van der Waals surface area contributed by atoms with Crippen LogP contribution < -0.4 is 21.3 Å². The number of halogens is 4. The largest absolute Gasteiger partial charge is 0.394 e. The SMILES string of the molecule is CC[C@H](CO)Nc1nc(SCc2cccc(F)c2F)nc2[nH]c(=O)cnc12.CN(CCC#N)c1nc(SCc2cccc(F)c2F)nc2[nH]c(=O)cnc12. The van der Waals surface area contributed by atoms with Crippen molar-refractivity contribution in [3.05, 3.63) is 104 Å². The van der Waals surface area contributed by atoms with Crippen LogP contribution in [0.15, 0.2) is 68.7 Å². The Bertz CT molecular complexity index is 2430. The van der Waals surface area contributed by atoms with Crippen molar-refractivity contribution in [1.82, 2.24) is 39.9 Å². The molecule has 4 N–H and O–H groups in total. The zero-order valence-corrected chi connectivity index (χ0v) is 30.2. The molecule has 14 nitrogen and oxygen atoms in total. The summed E-state index contributed by atoms with van der Waals surface area (Å²) >= 11 is 2.19. The Morgan fingerprint density at radius 1 is 0.852 bits per heavy atom. The lowest BCUT2D eigenvalue weighted by Gasteiger charge is -2.18. The highest BCUT2D eigenvalue weighted by Gasteiger charge is 2.17. The maximum Gasteiger partial charge on any atom is 0.268 e. The van der Waals surface area contributed by atoms with Crippen molar-refractivity contribution in [3.63, 3.8) is 0 Å². The van der Waals surface area contributed by atoms with Crippen molar-refractivity contribution in [3.8, 4) is 6.07 Å². The average Bonchev–Trinajstić information content (AvgIpc) is 3.16. The minimum absolute atomic E-state index is 0.107. The molecule has 0 bridgehead atoms. The number of rotatable bonds is 13. The summed E-state index contributed by atoms with van der Waals surface area (Å²) in [5, 5.41) is 21.8. The predicted molar refractivity (Wildman–Crippen MR) is 196 cm³/mol. The summed E-state index contributed by atoms with van der Waals surface area (Å²) < 4.78 is 54.4. The number of nitriles is 1. The van der Waals surface area contributed by atoms with E-state index in [1.54, 1.807) is 11.9 Å². The molecule has 54 heavy (non-hydrogen) atoms. The molecule has 4 heterocycles. The highest BCUT2D eigenvalue weighted by atomic mass is 32.2. The number of hydrogen-bond donors (Lipinski definition) is 4. The van der Waals surface area contributed by atoms with Gasteiger partial charge in [-0.1, -0.05) is 54.7 Å². The molecule has 0 fully saturated rings. The van der Waals surface area contributed by atoms with Gasteiger partial charge in [0.2, 0.25) is 0 Å². The Morgan fingerprint density at radius 3 is 1.93 bits per heavy atom. The average molecular weight is 782 g/mol. The molecular formula is C34H31F4N11O3S2. The third-order valence-corrected chi connectivity index (χ3v) is 9.36. The number of H-pyrrole nitrogens is 2. The number of benzene rings is 2. The lowest BCUT2D eigenvalue weighted by Crippen LogP contribution is -2.24. The van der Waals surface area contributed by atoms with Crippen molar-refractivity contribution in [2.24, 2.45) is 0 Å². The third-order valence-electron chi connectivity index (χ3n) is 7.56. The molecule has 0 unspecified atom stereocenters. The van der Waals surface area contributed by atoms with Gasteiger partial charge >= 0.3 is 0 Å². The van der Waals surface area contributed by atoms with E-state index in [9.17, 15) is 32.3 Å². The van der Waals surface area contributed by atoms with E-state index >= 15 is 0 Å². The zero-order chi connectivity index (χ0) is 38.8. The Morgan fingerprint density at radius 2 is 1.39 bits per heavy atom. The molecule has 0 saturated heterocycles. The normalized spacial score (nSPS) is 11.5. The zero-order valence-electron chi connectivity index (χ0n) is 28.6. The molecule has 6 aromatic rings. The summed E-state index contributed by atoms with van der Waals surface area (Å²) in [6.45, 7) is 2.20. The molecule has 20 heteroatoms. The summed E-state index contributed by atoms with van der Waals surface area (Å²) in [4.78, 5) is 55.4. The van der Waals surface area contributed by atoms with Gasteiger partial charge in [-0.2, -0.15) is 5.26 Å². The van der Waals surface area contributed by atoms with Crippen LogP contribution in [0.3, 0.4) is 0 Å². The van der Waals surface area contributed by atoms with E-state index in [0.717, 1.165) is 48.1 Å². The molecule has 1 atom stereocenters. The van der Waals surface area contributed by atoms with Gasteiger partial charge < -0.3 is 25.3 Å². The van der Waals surface area contributed by atoms with Crippen LogP contribution in [0, 0.1) is 34.6 Å². The number of thioether (sulfide) groups is 2. The van der Waals surface area contributed by atoms with E-state index in [1.165, 1.54) is 24.3 Å². The molecule has 2 aromatic carbocycles. The number of aliphatic hydroxyl groups is 1. The lowest BCUT2D eigenvalue weighted by molar-refractivity contribution is 0.271. The molecule has 4 aromatic heterocycles. The number of nitrogens with zero attached hydrogens (tertiary/aromatic N) is 8. The fourth-order valence-corrected chi connectivity index (χ4v) is 6.34. The Kier molecular flexibility index (Phi) is 13.5. The van der Waals surface area contributed by atoms with Crippen molar-refractivity contribution in [1.29, 1.82) is 5.26 Å². The Balaban J connectivity index is 0.000000208. The van der Waals surface area contributed by atoms with Gasteiger partial charge in [0.1, 0.15) is 11.0 Å². The molecule has 6 rings (SSSR count). The topological polar surface area (TPSA) is 202 Å². The maximum absolute atomic E-state index is 13.8. The first kappa shape index (κ1) is 39.6. The summed E-state index contributed by atoms with van der Waals surface area (Å²) in [5.74, 6) is -2.65. The van der Waals surface area contributed by atoms with E-state index in [2.05, 4.69) is 51.3 Å². The van der Waals surface area contributed by atoms with Gasteiger partial charge in [0, 0.05) is 36.2 Å². The van der Waals surface area contributed by atoms with Crippen LogP contribution in [-0.4, -0.2) is 71.2 Å². The fraction of sp³-hybridized carbons (Fsp3) is 0.265. The second-order valence-corrected chi connectivity index (χ2v) is 13.2. The molecule has 0 spiro atoms. The van der Waals surface area contributed by atoms with Gasteiger partial charge in [0.25, 0.3) is 11.1 Å². The first-order valence-corrected chi connectivity index (χ1v) is 18.1. The quantitative estimate of drug-likeness (QED) is 0.0685. The van der Waals surface area contributed by atoms with Crippen LogP contribution in [0.1, 0.15) is 30.9 Å². The second kappa shape index (κ2) is 18.4. The van der Waals surface area contributed by atoms with E-state index < -0.39 is 34.4 Å². The van der Waals surface area contributed by atoms with Crippen LogP contribution in [-0.2, 0) is 11.5 Å². The third kappa shape index (κ3) is 9.85. The number of anilines is 2. The van der Waals surface area contributed by atoms with Gasteiger partial charge in [-0.05, 0) is 18.6 Å². The van der Waals surface area contributed by atoms with E-state index in [1.807, 2.05) is 6.92 Å². The first-order chi connectivity index (χ1) is 26.0. The van der Waals surface area contributed by atoms with Gasteiger partial charge in [-0.3, -0.25) is 9.59 Å². The summed E-state index contributed by atoms with van der Waals surface area (Å²) in [6.07, 6.45) is 3.17. The molecule has 0 radical (unpaired) electrons. The molecule has 0 aliphatic carbocycles. The van der Waals surface area contributed by atoms with Crippen molar-refractivity contribution in [2.75, 3.05) is 30.4 Å². The van der Waals surface area contributed by atoms with Gasteiger partial charge in [0.05, 0.1) is 37.5 Å². The summed E-state index contributed by atoms with van der Waals surface area (Å²) in [7, 11) is 1.74. The molecule has 0 aliphatic rings. The number of aromatic amines is 2. The number of hydrogen-bond acceptors (Lipinski definition) is 14. The molecular weight excluding hydrogens is 751 g/mol. The number of aromatic nitrogens is 8. The van der Waals surface area contributed by atoms with Crippen LogP contribution in [0.2, 0.25) is 0 Å².